The number of aromatic nitrogens is 6. The van der Waals surface area contributed by atoms with Gasteiger partial charge in [-0.3, -0.25) is 4.79 Å². The zero-order valence-electron chi connectivity index (χ0n) is 26.4. The van der Waals surface area contributed by atoms with Crippen molar-refractivity contribution in [1.29, 1.82) is 0 Å². The predicted octanol–water partition coefficient (Wildman–Crippen LogP) is 7.29. The van der Waals surface area contributed by atoms with Gasteiger partial charge >= 0.3 is 0 Å². The highest BCUT2D eigenvalue weighted by atomic mass is 79.9. The number of hydrogen-bond donors (Lipinski definition) is 3. The molecule has 9 nitrogen and oxygen atoms in total. The van der Waals surface area contributed by atoms with E-state index in [1.54, 1.807) is 30.5 Å². The number of ketones is 1. The Hall–Kier alpha value is -4.58. The van der Waals surface area contributed by atoms with Gasteiger partial charge in [-0.05, 0) is 66.6 Å². The normalized spacial score (nSPS) is 11.4. The van der Waals surface area contributed by atoms with Crippen molar-refractivity contribution in [3.8, 4) is 11.4 Å². The molecular weight excluding hydrogens is 654 g/mol. The van der Waals surface area contributed by atoms with Gasteiger partial charge in [0.15, 0.2) is 5.78 Å². The van der Waals surface area contributed by atoms with E-state index in [2.05, 4.69) is 84.6 Å². The number of nitrogens with zero attached hydrogens (tertiary/aromatic N) is 5. The van der Waals surface area contributed by atoms with E-state index in [4.69, 9.17) is 0 Å². The summed E-state index contributed by atoms with van der Waals surface area (Å²) in [5.74, 6) is 1.57. The molecule has 0 spiro atoms. The van der Waals surface area contributed by atoms with Crippen LogP contribution in [-0.2, 0) is 10.8 Å². The van der Waals surface area contributed by atoms with Gasteiger partial charge in [0.05, 0.1) is 17.2 Å². The highest BCUT2D eigenvalue weighted by molar-refractivity contribution is 9.09. The Kier molecular flexibility index (Phi) is 11.3. The average Bonchev–Trinajstić information content (AvgIpc) is 3.50. The summed E-state index contributed by atoms with van der Waals surface area (Å²) < 4.78 is 26.1. The van der Waals surface area contributed by atoms with Crippen molar-refractivity contribution < 1.29 is 13.6 Å². The summed E-state index contributed by atoms with van der Waals surface area (Å²) in [5, 5.41) is 23.0. The van der Waals surface area contributed by atoms with Crippen LogP contribution in [0.1, 0.15) is 55.1 Å². The molecule has 2 aromatic carbocycles. The number of anilines is 2. The van der Waals surface area contributed by atoms with Gasteiger partial charge in [-0.2, -0.15) is 0 Å². The van der Waals surface area contributed by atoms with Crippen molar-refractivity contribution >= 4 is 33.3 Å². The molecule has 5 aromatic rings. The second kappa shape index (κ2) is 15.1. The fraction of sp³-hybridized carbons (Fsp3) is 0.294. The summed E-state index contributed by atoms with van der Waals surface area (Å²) >= 11 is 3.10. The third-order valence-corrected chi connectivity index (χ3v) is 7.90. The molecule has 0 radical (unpaired) electrons. The molecule has 0 atom stereocenters. The molecule has 0 aliphatic rings. The number of hydrogen-bond acceptors (Lipinski definition) is 8. The number of carbonyl (C=O) groups excluding carboxylic acids is 1. The van der Waals surface area contributed by atoms with E-state index >= 15 is 0 Å². The van der Waals surface area contributed by atoms with Crippen LogP contribution >= 0.6 is 15.9 Å². The predicted molar refractivity (Wildman–Crippen MR) is 180 cm³/mol. The molecule has 0 bridgehead atoms. The minimum atomic E-state index is -0.245. The van der Waals surface area contributed by atoms with Gasteiger partial charge in [0, 0.05) is 23.9 Å². The van der Waals surface area contributed by atoms with Crippen LogP contribution in [0.15, 0.2) is 79.0 Å². The second-order valence-corrected chi connectivity index (χ2v) is 12.6. The lowest BCUT2D eigenvalue weighted by Gasteiger charge is -2.25. The number of halogens is 3. The molecule has 240 valence electrons. The number of carbonyl (C=O) groups is 1. The summed E-state index contributed by atoms with van der Waals surface area (Å²) in [4.78, 5) is 18.7. The third-order valence-electron chi connectivity index (χ3n) is 7.39. The number of Topliss-reactive ketones (excluding diaryl/α,β-unsaturated/α-hetero) is 1. The van der Waals surface area contributed by atoms with E-state index in [9.17, 15) is 13.6 Å². The minimum absolute atomic E-state index is 0.106. The molecule has 5 rings (SSSR count). The van der Waals surface area contributed by atoms with Crippen molar-refractivity contribution in [3.05, 3.63) is 113 Å². The topological polar surface area (TPSA) is 121 Å². The maximum absolute atomic E-state index is 13.1. The quantitative estimate of drug-likeness (QED) is 0.0976. The summed E-state index contributed by atoms with van der Waals surface area (Å²) in [6.45, 7) is 11.5. The number of rotatable bonds is 11. The van der Waals surface area contributed by atoms with Crippen molar-refractivity contribution in [2.75, 3.05) is 29.1 Å². The van der Waals surface area contributed by atoms with E-state index in [1.807, 2.05) is 31.2 Å². The molecule has 3 N–H and O–H groups in total. The van der Waals surface area contributed by atoms with Gasteiger partial charge in [-0.15, -0.1) is 20.4 Å². The van der Waals surface area contributed by atoms with Gasteiger partial charge in [0.2, 0.25) is 0 Å². The number of nitrogens with one attached hydrogen (secondary N) is 3. The standard InChI is InChI=1S/C18H20FN5.C16H17BrFN3O/c1-12-20-10-16(22-12)15-8-9-17(24-23-15)21-11-18(2,3)13-4-6-14(19)7-5-13;1-16(2,11-3-5-12(18)6-4-11)10-19-15-8-7-13(20-21-15)14(22)9-17/h4-10H,11H2,1-3H3,(H,20,22)(H,21,24);3-8H,9-10H2,1-2H3,(H,19,21). The molecule has 0 saturated heterocycles. The molecule has 0 fully saturated rings. The van der Waals surface area contributed by atoms with E-state index < -0.39 is 0 Å². The first-order valence-corrected chi connectivity index (χ1v) is 15.8. The largest absolute Gasteiger partial charge is 0.368 e. The molecule has 0 unspecified atom stereocenters. The van der Waals surface area contributed by atoms with E-state index in [1.165, 1.54) is 24.3 Å². The Morgan fingerprint density at radius 2 is 1.24 bits per heavy atom. The Morgan fingerprint density at radius 1 is 0.739 bits per heavy atom. The highest BCUT2D eigenvalue weighted by Crippen LogP contribution is 2.25. The number of alkyl halides is 1. The van der Waals surface area contributed by atoms with Gasteiger partial charge in [-0.1, -0.05) is 67.9 Å². The van der Waals surface area contributed by atoms with Crippen LogP contribution in [0.25, 0.3) is 11.4 Å². The van der Waals surface area contributed by atoms with Gasteiger partial charge in [-0.25, -0.2) is 13.8 Å². The highest BCUT2D eigenvalue weighted by Gasteiger charge is 2.22. The summed E-state index contributed by atoms with van der Waals surface area (Å²) in [6.07, 6.45) is 1.74. The van der Waals surface area contributed by atoms with Crippen LogP contribution in [0.5, 0.6) is 0 Å². The van der Waals surface area contributed by atoms with Gasteiger partial charge in [0.1, 0.15) is 40.5 Å². The van der Waals surface area contributed by atoms with Crippen LogP contribution in [0.4, 0.5) is 20.4 Å². The Balaban J connectivity index is 0.000000210. The fourth-order valence-electron chi connectivity index (χ4n) is 4.39. The van der Waals surface area contributed by atoms with Crippen molar-refractivity contribution in [2.45, 2.75) is 45.4 Å². The maximum Gasteiger partial charge on any atom is 0.193 e. The first kappa shape index (κ1) is 34.3. The lowest BCUT2D eigenvalue weighted by Crippen LogP contribution is -2.28. The van der Waals surface area contributed by atoms with Crippen LogP contribution in [0.2, 0.25) is 0 Å². The van der Waals surface area contributed by atoms with Gasteiger partial charge < -0.3 is 15.6 Å². The SMILES string of the molecule is CC(C)(CNc1ccc(C(=O)CBr)nn1)c1ccc(F)cc1.Cc1ncc(-c2ccc(NCC(C)(C)c3ccc(F)cc3)nn2)[nH]1. The van der Waals surface area contributed by atoms with Crippen LogP contribution in [0.3, 0.4) is 0 Å². The first-order valence-electron chi connectivity index (χ1n) is 14.6. The molecule has 3 heterocycles. The number of aryl methyl sites for hydroxylation is 1. The Bertz CT molecular complexity index is 1710. The molecule has 0 aliphatic heterocycles. The van der Waals surface area contributed by atoms with Crippen molar-refractivity contribution in [1.82, 2.24) is 30.4 Å². The minimum Gasteiger partial charge on any atom is -0.368 e. The molecule has 0 amide bonds. The van der Waals surface area contributed by atoms with E-state index in [0.29, 0.717) is 30.4 Å². The molecule has 46 heavy (non-hydrogen) atoms. The van der Waals surface area contributed by atoms with Crippen molar-refractivity contribution in [3.63, 3.8) is 0 Å². The number of aromatic amines is 1. The first-order chi connectivity index (χ1) is 21.9. The molecule has 0 aliphatic carbocycles. The lowest BCUT2D eigenvalue weighted by molar-refractivity contribution is 0.101. The van der Waals surface area contributed by atoms with Crippen LogP contribution < -0.4 is 10.6 Å². The fourth-order valence-corrected chi connectivity index (χ4v) is 4.68. The van der Waals surface area contributed by atoms with E-state index in [-0.39, 0.29) is 33.6 Å². The summed E-state index contributed by atoms with van der Waals surface area (Å²) in [7, 11) is 0. The zero-order chi connectivity index (χ0) is 33.3. The van der Waals surface area contributed by atoms with Crippen LogP contribution in [-0.4, -0.2) is 54.6 Å². The smallest absolute Gasteiger partial charge is 0.193 e. The molecule has 12 heteroatoms. The number of H-pyrrole nitrogens is 1. The summed E-state index contributed by atoms with van der Waals surface area (Å²) in [6, 6.07) is 20.2. The second-order valence-electron chi connectivity index (χ2n) is 12.0. The lowest BCUT2D eigenvalue weighted by atomic mass is 9.84. The summed E-state index contributed by atoms with van der Waals surface area (Å²) in [5.41, 5.74) is 3.67. The number of imidazole rings is 1. The zero-order valence-corrected chi connectivity index (χ0v) is 28.0. The molecule has 0 saturated carbocycles. The van der Waals surface area contributed by atoms with Crippen molar-refractivity contribution in [2.24, 2.45) is 0 Å². The van der Waals surface area contributed by atoms with Gasteiger partial charge in [0.25, 0.3) is 0 Å². The Morgan fingerprint density at radius 3 is 1.63 bits per heavy atom. The molecule has 3 aromatic heterocycles. The maximum atomic E-state index is 13.1. The third kappa shape index (κ3) is 9.46. The van der Waals surface area contributed by atoms with Crippen LogP contribution in [0, 0.1) is 18.6 Å². The Labute approximate surface area is 275 Å². The average molecular weight is 692 g/mol. The monoisotopic (exact) mass is 690 g/mol. The van der Waals surface area contributed by atoms with E-state index in [0.717, 1.165) is 28.3 Å². The number of benzene rings is 2. The molecular formula is C34H37BrF2N8O.